The molecular formula is C15H22N2O3. The van der Waals surface area contributed by atoms with Gasteiger partial charge in [0.15, 0.2) is 0 Å². The van der Waals surface area contributed by atoms with Gasteiger partial charge in [-0.1, -0.05) is 6.08 Å². The molecule has 0 aliphatic rings. The quantitative estimate of drug-likeness (QED) is 0.555. The van der Waals surface area contributed by atoms with Crippen molar-refractivity contribution in [3.05, 3.63) is 36.5 Å². The van der Waals surface area contributed by atoms with Gasteiger partial charge in [0.25, 0.3) is 0 Å². The summed E-state index contributed by atoms with van der Waals surface area (Å²) in [4.78, 5) is 15.9. The van der Waals surface area contributed by atoms with Crippen LogP contribution < -0.4 is 10.1 Å². The summed E-state index contributed by atoms with van der Waals surface area (Å²) >= 11 is 0. The number of pyridine rings is 1. The van der Waals surface area contributed by atoms with E-state index in [-0.39, 0.29) is 5.91 Å². The standard InChI is InChI=1S/C15H22N2O3/c1-4-6-9-20-12(3)15(18)17-11-13-7-8-16-14(10-13)19-5-2/h4,7-8,10,12H,1,5-6,9,11H2,2-3H3,(H,17,18). The Morgan fingerprint density at radius 3 is 3.10 bits per heavy atom. The highest BCUT2D eigenvalue weighted by Gasteiger charge is 2.12. The minimum atomic E-state index is -0.469. The summed E-state index contributed by atoms with van der Waals surface area (Å²) in [6.45, 7) is 8.73. The third-order valence-corrected chi connectivity index (χ3v) is 2.62. The van der Waals surface area contributed by atoms with Crippen molar-refractivity contribution in [3.63, 3.8) is 0 Å². The molecule has 20 heavy (non-hydrogen) atoms. The lowest BCUT2D eigenvalue weighted by Gasteiger charge is -2.13. The molecule has 1 heterocycles. The van der Waals surface area contributed by atoms with Crippen LogP contribution in [0.15, 0.2) is 31.0 Å². The Kier molecular flexibility index (Phi) is 7.35. The van der Waals surface area contributed by atoms with Gasteiger partial charge in [0, 0.05) is 18.8 Å². The van der Waals surface area contributed by atoms with Gasteiger partial charge in [-0.05, 0) is 31.9 Å². The predicted octanol–water partition coefficient (Wildman–Crippen LogP) is 2.08. The zero-order valence-corrected chi connectivity index (χ0v) is 12.1. The molecular weight excluding hydrogens is 256 g/mol. The Balaban J connectivity index is 2.39. The lowest BCUT2D eigenvalue weighted by molar-refractivity contribution is -0.131. The van der Waals surface area contributed by atoms with Crippen LogP contribution in [-0.4, -0.2) is 30.2 Å². The number of aromatic nitrogens is 1. The Labute approximate surface area is 120 Å². The third-order valence-electron chi connectivity index (χ3n) is 2.62. The lowest BCUT2D eigenvalue weighted by Crippen LogP contribution is -2.34. The second kappa shape index (κ2) is 9.09. The van der Waals surface area contributed by atoms with Crippen molar-refractivity contribution in [1.82, 2.24) is 10.3 Å². The van der Waals surface area contributed by atoms with Crippen LogP contribution in [0.5, 0.6) is 5.88 Å². The van der Waals surface area contributed by atoms with E-state index in [0.29, 0.717) is 25.6 Å². The number of nitrogens with one attached hydrogen (secondary N) is 1. The zero-order chi connectivity index (χ0) is 14.8. The molecule has 0 aromatic carbocycles. The summed E-state index contributed by atoms with van der Waals surface area (Å²) in [5, 5.41) is 2.82. The molecule has 1 rings (SSSR count). The summed E-state index contributed by atoms with van der Waals surface area (Å²) in [5.74, 6) is 0.429. The van der Waals surface area contributed by atoms with Crippen LogP contribution >= 0.6 is 0 Å². The van der Waals surface area contributed by atoms with E-state index in [4.69, 9.17) is 9.47 Å². The topological polar surface area (TPSA) is 60.5 Å². The maximum absolute atomic E-state index is 11.8. The fourth-order valence-electron chi connectivity index (χ4n) is 1.52. The van der Waals surface area contributed by atoms with Gasteiger partial charge in [0.05, 0.1) is 13.2 Å². The highest BCUT2D eigenvalue weighted by atomic mass is 16.5. The summed E-state index contributed by atoms with van der Waals surface area (Å²) in [6.07, 6.45) is 3.69. The minimum absolute atomic E-state index is 0.135. The van der Waals surface area contributed by atoms with Crippen LogP contribution in [-0.2, 0) is 16.1 Å². The summed E-state index contributed by atoms with van der Waals surface area (Å²) < 4.78 is 10.7. The molecule has 110 valence electrons. The van der Waals surface area contributed by atoms with E-state index >= 15 is 0 Å². The number of nitrogens with zero attached hydrogens (tertiary/aromatic N) is 1. The Hall–Kier alpha value is -1.88. The molecule has 0 radical (unpaired) electrons. The van der Waals surface area contributed by atoms with Gasteiger partial charge in [-0.2, -0.15) is 0 Å². The molecule has 1 amide bonds. The highest BCUT2D eigenvalue weighted by Crippen LogP contribution is 2.09. The van der Waals surface area contributed by atoms with E-state index in [1.807, 2.05) is 19.1 Å². The summed E-state index contributed by atoms with van der Waals surface area (Å²) in [7, 11) is 0. The molecule has 0 bridgehead atoms. The van der Waals surface area contributed by atoms with E-state index < -0.39 is 6.10 Å². The second-order valence-electron chi connectivity index (χ2n) is 4.24. The van der Waals surface area contributed by atoms with Crippen LogP contribution in [0.1, 0.15) is 25.8 Å². The average molecular weight is 278 g/mol. The molecule has 0 aliphatic heterocycles. The van der Waals surface area contributed by atoms with Crippen molar-refractivity contribution in [1.29, 1.82) is 0 Å². The van der Waals surface area contributed by atoms with Crippen molar-refractivity contribution >= 4 is 5.91 Å². The minimum Gasteiger partial charge on any atom is -0.478 e. The second-order valence-corrected chi connectivity index (χ2v) is 4.24. The Morgan fingerprint density at radius 2 is 2.40 bits per heavy atom. The van der Waals surface area contributed by atoms with E-state index in [1.54, 1.807) is 19.2 Å². The maximum Gasteiger partial charge on any atom is 0.249 e. The molecule has 0 spiro atoms. The summed E-state index contributed by atoms with van der Waals surface area (Å²) in [5.41, 5.74) is 0.940. The maximum atomic E-state index is 11.8. The van der Waals surface area contributed by atoms with Gasteiger partial charge in [0.1, 0.15) is 6.10 Å². The van der Waals surface area contributed by atoms with Crippen LogP contribution in [0, 0.1) is 0 Å². The zero-order valence-electron chi connectivity index (χ0n) is 12.1. The van der Waals surface area contributed by atoms with Crippen LogP contribution in [0.4, 0.5) is 0 Å². The Bertz CT molecular complexity index is 435. The van der Waals surface area contributed by atoms with Gasteiger partial charge in [-0.15, -0.1) is 6.58 Å². The van der Waals surface area contributed by atoms with Crippen LogP contribution in [0.3, 0.4) is 0 Å². The molecule has 1 aromatic rings. The molecule has 5 nitrogen and oxygen atoms in total. The third kappa shape index (κ3) is 5.84. The summed E-state index contributed by atoms with van der Waals surface area (Å²) in [6, 6.07) is 3.65. The molecule has 1 unspecified atom stereocenters. The first-order valence-electron chi connectivity index (χ1n) is 6.75. The average Bonchev–Trinajstić information content (AvgIpc) is 2.45. The smallest absolute Gasteiger partial charge is 0.249 e. The molecule has 0 saturated heterocycles. The van der Waals surface area contributed by atoms with Crippen molar-refractivity contribution in [2.75, 3.05) is 13.2 Å². The number of carbonyl (C=O) groups excluding carboxylic acids is 1. The molecule has 1 N–H and O–H groups in total. The number of hydrogen-bond donors (Lipinski definition) is 1. The Morgan fingerprint density at radius 1 is 1.60 bits per heavy atom. The largest absolute Gasteiger partial charge is 0.478 e. The molecule has 1 atom stereocenters. The van der Waals surface area contributed by atoms with Gasteiger partial charge >= 0.3 is 0 Å². The van der Waals surface area contributed by atoms with E-state index in [1.165, 1.54) is 0 Å². The number of amides is 1. The molecule has 0 aliphatic carbocycles. The first kappa shape index (κ1) is 16.2. The molecule has 1 aromatic heterocycles. The normalized spacial score (nSPS) is 11.7. The highest BCUT2D eigenvalue weighted by molar-refractivity contribution is 5.80. The number of ether oxygens (including phenoxy) is 2. The number of carbonyl (C=O) groups is 1. The molecule has 0 saturated carbocycles. The van der Waals surface area contributed by atoms with Gasteiger partial charge in [-0.25, -0.2) is 4.98 Å². The number of rotatable bonds is 9. The van der Waals surface area contributed by atoms with Crippen molar-refractivity contribution < 1.29 is 14.3 Å². The first-order chi connectivity index (χ1) is 9.67. The first-order valence-corrected chi connectivity index (χ1v) is 6.75. The predicted molar refractivity (Wildman–Crippen MR) is 77.5 cm³/mol. The lowest BCUT2D eigenvalue weighted by atomic mass is 10.2. The fourth-order valence-corrected chi connectivity index (χ4v) is 1.52. The van der Waals surface area contributed by atoms with Gasteiger partial charge < -0.3 is 14.8 Å². The van der Waals surface area contributed by atoms with E-state index in [2.05, 4.69) is 16.9 Å². The van der Waals surface area contributed by atoms with Crippen molar-refractivity contribution in [2.24, 2.45) is 0 Å². The van der Waals surface area contributed by atoms with Crippen LogP contribution in [0.25, 0.3) is 0 Å². The van der Waals surface area contributed by atoms with E-state index in [0.717, 1.165) is 12.0 Å². The fraction of sp³-hybridized carbons (Fsp3) is 0.467. The van der Waals surface area contributed by atoms with Crippen molar-refractivity contribution in [3.8, 4) is 5.88 Å². The SMILES string of the molecule is C=CCCOC(C)C(=O)NCc1ccnc(OCC)c1. The van der Waals surface area contributed by atoms with E-state index in [9.17, 15) is 4.79 Å². The number of hydrogen-bond acceptors (Lipinski definition) is 4. The van der Waals surface area contributed by atoms with Gasteiger partial charge in [-0.3, -0.25) is 4.79 Å². The van der Waals surface area contributed by atoms with Crippen molar-refractivity contribution in [2.45, 2.75) is 32.9 Å². The molecule has 0 fully saturated rings. The molecule has 5 heteroatoms. The van der Waals surface area contributed by atoms with Gasteiger partial charge in [0.2, 0.25) is 11.8 Å². The monoisotopic (exact) mass is 278 g/mol. The van der Waals surface area contributed by atoms with Crippen LogP contribution in [0.2, 0.25) is 0 Å².